The minimum absolute atomic E-state index is 0.00761. The Morgan fingerprint density at radius 2 is 1.83 bits per heavy atom. The summed E-state index contributed by atoms with van der Waals surface area (Å²) in [6, 6.07) is 7.15. The molecule has 35 heavy (non-hydrogen) atoms. The Balaban J connectivity index is 0.000000623. The molecule has 0 atom stereocenters. The van der Waals surface area contributed by atoms with Crippen LogP contribution < -0.4 is 4.31 Å². The van der Waals surface area contributed by atoms with Crippen LogP contribution in [0.15, 0.2) is 30.3 Å². The molecule has 0 aromatic heterocycles. The third kappa shape index (κ3) is 6.68. The SMILES string of the molecule is CC(C)(C)O.CSN1Cc2cc(F)ccc2-c2cc(C3=CCC(C)(C)CC3)c(CC(=O)O)c(C)c21. The molecule has 6 heteroatoms. The second kappa shape index (κ2) is 10.4. The first-order chi connectivity index (χ1) is 16.2. The van der Waals surface area contributed by atoms with Gasteiger partial charge in [0, 0.05) is 11.8 Å². The first kappa shape index (κ1) is 27.3. The molecule has 2 aromatic carbocycles. The highest BCUT2D eigenvalue weighted by molar-refractivity contribution is 7.99. The fourth-order valence-electron chi connectivity index (χ4n) is 4.71. The normalized spacial score (nSPS) is 16.5. The van der Waals surface area contributed by atoms with Gasteiger partial charge in [0.15, 0.2) is 0 Å². The van der Waals surface area contributed by atoms with Crippen LogP contribution in [0.4, 0.5) is 10.1 Å². The van der Waals surface area contributed by atoms with Crippen molar-refractivity contribution in [3.63, 3.8) is 0 Å². The van der Waals surface area contributed by atoms with E-state index in [1.54, 1.807) is 38.8 Å². The third-order valence-corrected chi connectivity index (χ3v) is 7.22. The van der Waals surface area contributed by atoms with Crippen molar-refractivity contribution in [2.24, 2.45) is 5.41 Å². The Labute approximate surface area is 213 Å². The fourth-order valence-corrected chi connectivity index (χ4v) is 5.39. The highest BCUT2D eigenvalue weighted by Crippen LogP contribution is 2.48. The van der Waals surface area contributed by atoms with E-state index in [-0.39, 0.29) is 17.7 Å². The van der Waals surface area contributed by atoms with Gasteiger partial charge in [-0.15, -0.1) is 0 Å². The molecule has 4 nitrogen and oxygen atoms in total. The molecule has 1 heterocycles. The molecule has 1 aliphatic heterocycles. The smallest absolute Gasteiger partial charge is 0.307 e. The Bertz CT molecular complexity index is 1140. The first-order valence-electron chi connectivity index (χ1n) is 12.1. The van der Waals surface area contributed by atoms with Crippen molar-refractivity contribution in [1.29, 1.82) is 0 Å². The Hall–Kier alpha value is -2.31. The van der Waals surface area contributed by atoms with Crippen LogP contribution in [0.2, 0.25) is 0 Å². The summed E-state index contributed by atoms with van der Waals surface area (Å²) in [5.74, 6) is -1.04. The van der Waals surface area contributed by atoms with E-state index in [0.29, 0.717) is 6.54 Å². The van der Waals surface area contributed by atoms with Gasteiger partial charge >= 0.3 is 5.97 Å². The zero-order chi connectivity index (χ0) is 26.1. The summed E-state index contributed by atoms with van der Waals surface area (Å²) < 4.78 is 16.1. The number of benzene rings is 2. The lowest BCUT2D eigenvalue weighted by Gasteiger charge is -2.35. The van der Waals surface area contributed by atoms with Crippen molar-refractivity contribution in [2.75, 3.05) is 10.6 Å². The van der Waals surface area contributed by atoms with Gasteiger partial charge in [-0.05, 0) is 104 Å². The molecule has 0 radical (unpaired) electrons. The maximum Gasteiger partial charge on any atom is 0.307 e. The topological polar surface area (TPSA) is 60.8 Å². The van der Waals surface area contributed by atoms with Crippen LogP contribution >= 0.6 is 11.9 Å². The minimum Gasteiger partial charge on any atom is -0.481 e. The lowest BCUT2D eigenvalue weighted by atomic mass is 9.75. The van der Waals surface area contributed by atoms with Crippen molar-refractivity contribution in [3.05, 3.63) is 58.4 Å². The second-order valence-corrected chi connectivity index (χ2v) is 12.1. The zero-order valence-electron chi connectivity index (χ0n) is 22.0. The summed E-state index contributed by atoms with van der Waals surface area (Å²) in [7, 11) is 0. The molecule has 0 fully saturated rings. The van der Waals surface area contributed by atoms with E-state index in [1.807, 2.05) is 19.2 Å². The largest absolute Gasteiger partial charge is 0.481 e. The highest BCUT2D eigenvalue weighted by Gasteiger charge is 2.30. The summed E-state index contributed by atoms with van der Waals surface area (Å²) in [5, 5.41) is 18.2. The maximum absolute atomic E-state index is 13.9. The number of fused-ring (bicyclic) bond motifs is 3. The van der Waals surface area contributed by atoms with Gasteiger partial charge in [-0.1, -0.05) is 37.9 Å². The quantitative estimate of drug-likeness (QED) is 0.429. The number of nitrogens with zero attached hydrogens (tertiary/aromatic N) is 1. The molecule has 0 unspecified atom stereocenters. The van der Waals surface area contributed by atoms with E-state index in [2.05, 4.69) is 30.3 Å². The number of carboxylic acids is 1. The van der Waals surface area contributed by atoms with Crippen LogP contribution in [0.1, 0.15) is 76.1 Å². The number of hydrogen-bond acceptors (Lipinski definition) is 4. The number of allylic oxidation sites excluding steroid dienone is 2. The van der Waals surface area contributed by atoms with Crippen LogP contribution in [0.25, 0.3) is 16.7 Å². The molecule has 4 rings (SSSR count). The minimum atomic E-state index is -0.815. The number of aliphatic carboxylic acids is 1. The lowest BCUT2D eigenvalue weighted by Crippen LogP contribution is -2.22. The number of aliphatic hydroxyl groups is 1. The van der Waals surface area contributed by atoms with Gasteiger partial charge in [0.25, 0.3) is 0 Å². The lowest BCUT2D eigenvalue weighted by molar-refractivity contribution is -0.136. The second-order valence-electron chi connectivity index (χ2n) is 11.3. The van der Waals surface area contributed by atoms with E-state index in [4.69, 9.17) is 5.11 Å². The molecule has 0 saturated carbocycles. The molecule has 0 saturated heterocycles. The number of halogens is 1. The van der Waals surface area contributed by atoms with E-state index >= 15 is 0 Å². The van der Waals surface area contributed by atoms with Crippen LogP contribution in [0, 0.1) is 18.2 Å². The maximum atomic E-state index is 13.9. The van der Waals surface area contributed by atoms with Crippen molar-refractivity contribution in [1.82, 2.24) is 0 Å². The van der Waals surface area contributed by atoms with Crippen molar-refractivity contribution in [3.8, 4) is 11.1 Å². The summed E-state index contributed by atoms with van der Waals surface area (Å²) >= 11 is 1.59. The molecule has 0 spiro atoms. The monoisotopic (exact) mass is 499 g/mol. The molecule has 0 amide bonds. The highest BCUT2D eigenvalue weighted by atomic mass is 32.2. The van der Waals surface area contributed by atoms with Gasteiger partial charge in [-0.2, -0.15) is 0 Å². The Morgan fingerprint density at radius 1 is 1.17 bits per heavy atom. The molecule has 2 aliphatic rings. The van der Waals surface area contributed by atoms with Crippen LogP contribution in [0.3, 0.4) is 0 Å². The Kier molecular flexibility index (Phi) is 8.07. The van der Waals surface area contributed by atoms with E-state index in [0.717, 1.165) is 58.3 Å². The number of hydrogen-bond donors (Lipinski definition) is 2. The molecule has 1 aliphatic carbocycles. The standard InChI is InChI=1S/C25H28FNO2S.C4H10O/c1-15-20(13-23(28)29)21(16-7-9-25(2,3)10-8-16)12-22-19-6-5-18(26)11-17(19)14-27(30-4)24(15)22;1-4(2,3)5/h5-7,11-12H,8-10,13-14H2,1-4H3,(H,28,29);5H,1-3H3. The zero-order valence-corrected chi connectivity index (χ0v) is 22.8. The summed E-state index contributed by atoms with van der Waals surface area (Å²) in [6.45, 7) is 12.4. The number of anilines is 1. The van der Waals surface area contributed by atoms with Crippen LogP contribution in [-0.2, 0) is 17.8 Å². The molecular formula is C29H38FNO3S. The van der Waals surface area contributed by atoms with Crippen LogP contribution in [0.5, 0.6) is 0 Å². The van der Waals surface area contributed by atoms with E-state index in [9.17, 15) is 14.3 Å². The van der Waals surface area contributed by atoms with Gasteiger partial charge < -0.3 is 14.5 Å². The molecule has 2 N–H and O–H groups in total. The first-order valence-corrected chi connectivity index (χ1v) is 13.3. The van der Waals surface area contributed by atoms with Gasteiger partial charge in [-0.3, -0.25) is 4.79 Å². The van der Waals surface area contributed by atoms with Gasteiger partial charge in [-0.25, -0.2) is 4.39 Å². The van der Waals surface area contributed by atoms with Gasteiger partial charge in [0.1, 0.15) is 5.82 Å². The Morgan fingerprint density at radius 3 is 2.37 bits per heavy atom. The summed E-state index contributed by atoms with van der Waals surface area (Å²) in [4.78, 5) is 11.7. The third-order valence-electron chi connectivity index (χ3n) is 6.46. The van der Waals surface area contributed by atoms with Crippen LogP contribution in [-0.4, -0.2) is 28.0 Å². The number of carboxylic acid groups (broad SMARTS) is 1. The average molecular weight is 500 g/mol. The predicted molar refractivity (Wildman–Crippen MR) is 145 cm³/mol. The van der Waals surface area contributed by atoms with E-state index < -0.39 is 11.6 Å². The predicted octanol–water partition coefficient (Wildman–Crippen LogP) is 7.40. The summed E-state index contributed by atoms with van der Waals surface area (Å²) in [6.07, 6.45) is 7.32. The molecule has 0 bridgehead atoms. The summed E-state index contributed by atoms with van der Waals surface area (Å²) in [5.41, 5.74) is 8.10. The van der Waals surface area contributed by atoms with Crippen molar-refractivity contribution in [2.45, 2.75) is 79.4 Å². The van der Waals surface area contributed by atoms with Gasteiger partial charge in [0.05, 0.1) is 24.3 Å². The number of carbonyl (C=O) groups is 1. The number of rotatable bonds is 4. The van der Waals surface area contributed by atoms with Crippen molar-refractivity contribution < 1.29 is 19.4 Å². The molecule has 190 valence electrons. The fraction of sp³-hybridized carbons (Fsp3) is 0.483. The van der Waals surface area contributed by atoms with Gasteiger partial charge in [0.2, 0.25) is 0 Å². The molecular weight excluding hydrogens is 461 g/mol. The molecule has 2 aromatic rings. The average Bonchev–Trinajstić information content (AvgIpc) is 2.73. The van der Waals surface area contributed by atoms with Crippen molar-refractivity contribution >= 4 is 29.2 Å². The van der Waals surface area contributed by atoms with E-state index in [1.165, 1.54) is 11.6 Å².